The van der Waals surface area contributed by atoms with Gasteiger partial charge < -0.3 is 5.32 Å². The summed E-state index contributed by atoms with van der Waals surface area (Å²) in [6.07, 6.45) is 3.16. The highest BCUT2D eigenvalue weighted by atomic mass is 35.5. The Kier molecular flexibility index (Phi) is 3.12. The van der Waals surface area contributed by atoms with Gasteiger partial charge in [0, 0.05) is 17.3 Å². The first-order valence-corrected chi connectivity index (χ1v) is 6.39. The molecule has 3 aromatic rings. The van der Waals surface area contributed by atoms with E-state index in [0.717, 1.165) is 5.39 Å². The molecule has 0 atom stereocenters. The van der Waals surface area contributed by atoms with Crippen molar-refractivity contribution in [3.8, 4) is 0 Å². The van der Waals surface area contributed by atoms with Crippen LogP contribution in [0.3, 0.4) is 0 Å². The van der Waals surface area contributed by atoms with Gasteiger partial charge in [-0.2, -0.15) is 5.10 Å². The van der Waals surface area contributed by atoms with Crippen molar-refractivity contribution in [3.05, 3.63) is 52.9 Å². The maximum absolute atomic E-state index is 12.2. The van der Waals surface area contributed by atoms with Crippen LogP contribution in [0.2, 0.25) is 5.02 Å². The average Bonchev–Trinajstić information content (AvgIpc) is 2.88. The molecule has 1 aromatic carbocycles. The number of fused-ring (bicyclic) bond motifs is 1. The first-order valence-electron chi connectivity index (χ1n) is 6.01. The number of aromatic amines is 1. The summed E-state index contributed by atoms with van der Waals surface area (Å²) >= 11 is 6.12. The van der Waals surface area contributed by atoms with E-state index in [1.165, 1.54) is 6.20 Å². The van der Waals surface area contributed by atoms with Crippen LogP contribution in [0.5, 0.6) is 0 Å². The van der Waals surface area contributed by atoms with Gasteiger partial charge >= 0.3 is 0 Å². The van der Waals surface area contributed by atoms with E-state index in [9.17, 15) is 4.79 Å². The van der Waals surface area contributed by atoms with Crippen LogP contribution in [0, 0.1) is 6.92 Å². The first kappa shape index (κ1) is 12.6. The van der Waals surface area contributed by atoms with Crippen molar-refractivity contribution in [1.29, 1.82) is 0 Å². The third-order valence-corrected chi connectivity index (χ3v) is 3.37. The van der Waals surface area contributed by atoms with Crippen molar-refractivity contribution in [2.45, 2.75) is 6.92 Å². The predicted octanol–water partition coefficient (Wildman–Crippen LogP) is 3.17. The van der Waals surface area contributed by atoms with Crippen molar-refractivity contribution in [2.24, 2.45) is 0 Å². The van der Waals surface area contributed by atoms with Gasteiger partial charge in [0.2, 0.25) is 0 Å². The number of carbonyl (C=O) groups is 1. The summed E-state index contributed by atoms with van der Waals surface area (Å²) in [6, 6.07) is 7.15. The monoisotopic (exact) mass is 286 g/mol. The minimum Gasteiger partial charge on any atom is -0.320 e. The van der Waals surface area contributed by atoms with Gasteiger partial charge in [-0.1, -0.05) is 11.6 Å². The fourth-order valence-electron chi connectivity index (χ4n) is 2.01. The highest BCUT2D eigenvalue weighted by molar-refractivity contribution is 6.36. The molecule has 1 amide bonds. The summed E-state index contributed by atoms with van der Waals surface area (Å²) in [7, 11) is 0. The maximum atomic E-state index is 12.2. The number of nitrogens with zero attached hydrogens (tertiary/aromatic N) is 2. The number of anilines is 1. The lowest BCUT2D eigenvalue weighted by Gasteiger charge is -2.08. The Hall–Kier alpha value is -2.40. The van der Waals surface area contributed by atoms with Crippen LogP contribution in [0.15, 0.2) is 36.7 Å². The lowest BCUT2D eigenvalue weighted by atomic mass is 10.1. The van der Waals surface area contributed by atoms with Gasteiger partial charge in [-0.05, 0) is 31.2 Å². The molecule has 2 heterocycles. The van der Waals surface area contributed by atoms with Crippen LogP contribution in [0.4, 0.5) is 5.69 Å². The Morgan fingerprint density at radius 2 is 2.20 bits per heavy atom. The molecule has 0 spiro atoms. The second kappa shape index (κ2) is 4.94. The maximum Gasteiger partial charge on any atom is 0.259 e. The lowest BCUT2D eigenvalue weighted by Crippen LogP contribution is -2.12. The minimum absolute atomic E-state index is 0.231. The number of halogens is 1. The number of amides is 1. The third-order valence-electron chi connectivity index (χ3n) is 3.04. The molecule has 0 aliphatic heterocycles. The van der Waals surface area contributed by atoms with Crippen LogP contribution >= 0.6 is 11.6 Å². The molecule has 2 aromatic heterocycles. The number of nitrogens with one attached hydrogen (secondary N) is 2. The van der Waals surface area contributed by atoms with Crippen molar-refractivity contribution in [1.82, 2.24) is 15.2 Å². The molecule has 0 saturated heterocycles. The quantitative estimate of drug-likeness (QED) is 0.760. The van der Waals surface area contributed by atoms with Gasteiger partial charge in [0.05, 0.1) is 28.0 Å². The zero-order chi connectivity index (χ0) is 14.1. The van der Waals surface area contributed by atoms with Crippen LogP contribution in [-0.4, -0.2) is 21.1 Å². The SMILES string of the molecule is Cc1[nH]ncc1C(=O)Nc1ccc(Cl)c2cccnc12. The molecule has 0 radical (unpaired) electrons. The molecule has 2 N–H and O–H groups in total. The number of aromatic nitrogens is 3. The molecule has 100 valence electrons. The average molecular weight is 287 g/mol. The van der Waals surface area contributed by atoms with E-state index in [4.69, 9.17) is 11.6 Å². The Labute approximate surface area is 120 Å². The fraction of sp³-hybridized carbons (Fsp3) is 0.0714. The fourth-order valence-corrected chi connectivity index (χ4v) is 2.22. The molecule has 6 heteroatoms. The summed E-state index contributed by atoms with van der Waals surface area (Å²) in [5, 5.41) is 10.8. The Morgan fingerprint density at radius 1 is 1.35 bits per heavy atom. The Morgan fingerprint density at radius 3 is 2.95 bits per heavy atom. The van der Waals surface area contributed by atoms with E-state index in [2.05, 4.69) is 20.5 Å². The van der Waals surface area contributed by atoms with E-state index in [0.29, 0.717) is 27.5 Å². The normalized spacial score (nSPS) is 10.7. The first-order chi connectivity index (χ1) is 9.66. The number of benzene rings is 1. The van der Waals surface area contributed by atoms with Gasteiger partial charge in [-0.3, -0.25) is 14.9 Å². The molecule has 5 nitrogen and oxygen atoms in total. The van der Waals surface area contributed by atoms with Crippen LogP contribution in [0.25, 0.3) is 10.9 Å². The Bertz CT molecular complexity index is 797. The number of H-pyrrole nitrogens is 1. The molecular weight excluding hydrogens is 276 g/mol. The number of aryl methyl sites for hydroxylation is 1. The predicted molar refractivity (Wildman–Crippen MR) is 78.0 cm³/mol. The summed E-state index contributed by atoms with van der Waals surface area (Å²) in [4.78, 5) is 16.5. The lowest BCUT2D eigenvalue weighted by molar-refractivity contribution is 0.102. The number of hydrogen-bond donors (Lipinski definition) is 2. The zero-order valence-corrected chi connectivity index (χ0v) is 11.4. The topological polar surface area (TPSA) is 70.7 Å². The van der Waals surface area contributed by atoms with E-state index in [1.54, 1.807) is 31.3 Å². The van der Waals surface area contributed by atoms with Crippen LogP contribution in [0.1, 0.15) is 16.1 Å². The largest absolute Gasteiger partial charge is 0.320 e. The molecule has 0 unspecified atom stereocenters. The van der Waals surface area contributed by atoms with E-state index in [1.807, 2.05) is 6.07 Å². The van der Waals surface area contributed by atoms with E-state index >= 15 is 0 Å². The van der Waals surface area contributed by atoms with E-state index in [-0.39, 0.29) is 5.91 Å². The van der Waals surface area contributed by atoms with Gasteiger partial charge in [0.1, 0.15) is 0 Å². The van der Waals surface area contributed by atoms with Gasteiger partial charge in [0.15, 0.2) is 0 Å². The van der Waals surface area contributed by atoms with E-state index < -0.39 is 0 Å². The Balaban J connectivity index is 2.02. The number of hydrogen-bond acceptors (Lipinski definition) is 3. The zero-order valence-electron chi connectivity index (χ0n) is 10.6. The third kappa shape index (κ3) is 2.12. The second-order valence-corrected chi connectivity index (χ2v) is 4.76. The highest BCUT2D eigenvalue weighted by Gasteiger charge is 2.13. The number of pyridine rings is 1. The molecule has 0 aliphatic rings. The van der Waals surface area contributed by atoms with Gasteiger partial charge in [-0.15, -0.1) is 0 Å². The van der Waals surface area contributed by atoms with Gasteiger partial charge in [-0.25, -0.2) is 0 Å². The molecule has 0 bridgehead atoms. The molecular formula is C14H11ClN4O. The van der Waals surface area contributed by atoms with Crippen LogP contribution in [-0.2, 0) is 0 Å². The molecule has 20 heavy (non-hydrogen) atoms. The summed E-state index contributed by atoms with van der Waals surface area (Å²) in [5.41, 5.74) is 2.50. The van der Waals surface area contributed by atoms with Crippen LogP contribution < -0.4 is 5.32 Å². The van der Waals surface area contributed by atoms with Crippen molar-refractivity contribution in [3.63, 3.8) is 0 Å². The molecule has 3 rings (SSSR count). The van der Waals surface area contributed by atoms with Crippen molar-refractivity contribution < 1.29 is 4.79 Å². The molecule has 0 fully saturated rings. The number of rotatable bonds is 2. The molecule has 0 aliphatic carbocycles. The standard InChI is InChI=1S/C14H11ClN4O/c1-8-10(7-17-19-8)14(20)18-12-5-4-11(15)9-3-2-6-16-13(9)12/h2-7H,1H3,(H,17,19)(H,18,20). The molecule has 0 saturated carbocycles. The summed E-state index contributed by atoms with van der Waals surface area (Å²) < 4.78 is 0. The second-order valence-electron chi connectivity index (χ2n) is 4.36. The van der Waals surface area contributed by atoms with Gasteiger partial charge in [0.25, 0.3) is 5.91 Å². The number of carbonyl (C=O) groups excluding carboxylic acids is 1. The minimum atomic E-state index is -0.231. The highest BCUT2D eigenvalue weighted by Crippen LogP contribution is 2.28. The van der Waals surface area contributed by atoms with Crippen molar-refractivity contribution >= 4 is 34.1 Å². The smallest absolute Gasteiger partial charge is 0.259 e. The summed E-state index contributed by atoms with van der Waals surface area (Å²) in [5.74, 6) is -0.231. The van der Waals surface area contributed by atoms with Crippen molar-refractivity contribution in [2.75, 3.05) is 5.32 Å². The summed E-state index contributed by atoms with van der Waals surface area (Å²) in [6.45, 7) is 1.79.